The molecule has 5 heteroatoms. The van der Waals surface area contributed by atoms with Gasteiger partial charge in [-0.1, -0.05) is 18.2 Å². The Morgan fingerprint density at radius 1 is 1.18 bits per heavy atom. The number of nitrogens with zero attached hydrogens (tertiary/aromatic N) is 1. The number of hydrazone groups is 1. The molecule has 112 valence electrons. The second kappa shape index (κ2) is 6.15. The highest BCUT2D eigenvalue weighted by molar-refractivity contribution is 7.25. The van der Waals surface area contributed by atoms with E-state index in [9.17, 15) is 4.79 Å². The number of hydrogen-bond acceptors (Lipinski definition) is 5. The van der Waals surface area contributed by atoms with E-state index in [4.69, 9.17) is 4.74 Å². The summed E-state index contributed by atoms with van der Waals surface area (Å²) in [6.07, 6.45) is 0. The van der Waals surface area contributed by atoms with Crippen molar-refractivity contribution in [2.24, 2.45) is 5.10 Å². The molecule has 0 amide bonds. The topological polar surface area (TPSA) is 50.7 Å². The largest absolute Gasteiger partial charge is 0.461 e. The van der Waals surface area contributed by atoms with Crippen LogP contribution in [0.15, 0.2) is 47.6 Å². The molecule has 0 atom stereocenters. The van der Waals surface area contributed by atoms with Gasteiger partial charge in [0.1, 0.15) is 5.71 Å². The first-order valence-electron chi connectivity index (χ1n) is 7.07. The fourth-order valence-electron chi connectivity index (χ4n) is 2.23. The van der Waals surface area contributed by atoms with Crippen LogP contribution < -0.4 is 5.43 Å². The Labute approximate surface area is 132 Å². The third-order valence-corrected chi connectivity index (χ3v) is 4.45. The lowest BCUT2D eigenvalue weighted by Crippen LogP contribution is -2.15. The van der Waals surface area contributed by atoms with Crippen molar-refractivity contribution in [1.29, 1.82) is 0 Å². The van der Waals surface area contributed by atoms with Crippen molar-refractivity contribution in [3.05, 3.63) is 42.5 Å². The molecular formula is C17H16N2O2S. The molecule has 0 aliphatic carbocycles. The lowest BCUT2D eigenvalue weighted by molar-refractivity contribution is -0.135. The molecule has 2 aromatic carbocycles. The molecule has 0 saturated heterocycles. The summed E-state index contributed by atoms with van der Waals surface area (Å²) in [4.78, 5) is 11.5. The lowest BCUT2D eigenvalue weighted by Gasteiger charge is -2.03. The van der Waals surface area contributed by atoms with Crippen LogP contribution in [0.4, 0.5) is 5.69 Å². The maximum Gasteiger partial charge on any atom is 0.354 e. The molecule has 1 N–H and O–H groups in total. The Bertz CT molecular complexity index is 867. The molecule has 0 saturated carbocycles. The fraction of sp³-hybridized carbons (Fsp3) is 0.176. The highest BCUT2D eigenvalue weighted by Gasteiger charge is 2.07. The number of anilines is 1. The van der Waals surface area contributed by atoms with Crippen LogP contribution in [0, 0.1) is 0 Å². The molecular weight excluding hydrogens is 296 g/mol. The summed E-state index contributed by atoms with van der Waals surface area (Å²) in [5, 5.41) is 6.50. The first-order valence-corrected chi connectivity index (χ1v) is 7.89. The molecule has 3 rings (SSSR count). The van der Waals surface area contributed by atoms with Crippen LogP contribution in [0.3, 0.4) is 0 Å². The van der Waals surface area contributed by atoms with Crippen LogP contribution in [0.25, 0.3) is 20.2 Å². The van der Waals surface area contributed by atoms with Crippen LogP contribution in [-0.2, 0) is 9.53 Å². The summed E-state index contributed by atoms with van der Waals surface area (Å²) in [6.45, 7) is 3.75. The molecule has 0 spiro atoms. The maximum atomic E-state index is 11.5. The van der Waals surface area contributed by atoms with Crippen molar-refractivity contribution in [3.8, 4) is 0 Å². The van der Waals surface area contributed by atoms with E-state index in [1.807, 2.05) is 18.2 Å². The summed E-state index contributed by atoms with van der Waals surface area (Å²) in [6, 6.07) is 14.4. The summed E-state index contributed by atoms with van der Waals surface area (Å²) >= 11 is 1.77. The van der Waals surface area contributed by atoms with Crippen LogP contribution in [0.5, 0.6) is 0 Å². The number of carbonyl (C=O) groups excluding carboxylic acids is 1. The Hall–Kier alpha value is -2.40. The smallest absolute Gasteiger partial charge is 0.354 e. The number of hydrogen-bond donors (Lipinski definition) is 1. The van der Waals surface area contributed by atoms with Gasteiger partial charge in [0, 0.05) is 20.2 Å². The summed E-state index contributed by atoms with van der Waals surface area (Å²) < 4.78 is 7.40. The summed E-state index contributed by atoms with van der Waals surface area (Å²) in [5.41, 5.74) is 4.07. The van der Waals surface area contributed by atoms with Crippen molar-refractivity contribution in [2.45, 2.75) is 13.8 Å². The zero-order chi connectivity index (χ0) is 15.5. The van der Waals surface area contributed by atoms with Gasteiger partial charge in [-0.15, -0.1) is 11.3 Å². The molecule has 0 aliphatic heterocycles. The van der Waals surface area contributed by atoms with Gasteiger partial charge < -0.3 is 4.74 Å². The first-order chi connectivity index (χ1) is 10.7. The molecule has 0 fully saturated rings. The molecule has 3 aromatic rings. The van der Waals surface area contributed by atoms with Gasteiger partial charge >= 0.3 is 5.97 Å². The number of carbonyl (C=O) groups is 1. The van der Waals surface area contributed by atoms with E-state index in [-0.39, 0.29) is 0 Å². The number of rotatable bonds is 4. The van der Waals surface area contributed by atoms with Crippen molar-refractivity contribution < 1.29 is 9.53 Å². The predicted octanol–water partition coefficient (Wildman–Crippen LogP) is 4.41. The van der Waals surface area contributed by atoms with Crippen LogP contribution in [-0.4, -0.2) is 18.3 Å². The normalized spacial score (nSPS) is 11.8. The van der Waals surface area contributed by atoms with Crippen molar-refractivity contribution >= 4 is 48.9 Å². The fourth-order valence-corrected chi connectivity index (χ4v) is 3.31. The molecule has 0 radical (unpaired) electrons. The van der Waals surface area contributed by atoms with Crippen LogP contribution >= 0.6 is 11.3 Å². The van der Waals surface area contributed by atoms with Crippen molar-refractivity contribution in [1.82, 2.24) is 0 Å². The molecule has 0 unspecified atom stereocenters. The number of benzene rings is 2. The monoisotopic (exact) mass is 312 g/mol. The zero-order valence-electron chi connectivity index (χ0n) is 12.4. The Balaban J connectivity index is 1.90. The number of thiophene rings is 1. The minimum absolute atomic E-state index is 0.303. The molecule has 22 heavy (non-hydrogen) atoms. The second-order valence-corrected chi connectivity index (χ2v) is 5.92. The quantitative estimate of drug-likeness (QED) is 0.441. The molecule has 0 aliphatic rings. The van der Waals surface area contributed by atoms with Crippen molar-refractivity contribution in [3.63, 3.8) is 0 Å². The average Bonchev–Trinajstić information content (AvgIpc) is 2.90. The SMILES string of the molecule is CCOC(=O)C(C)=NNc1ccc2sc3ccccc3c2c1. The van der Waals surface area contributed by atoms with Gasteiger partial charge in [0.25, 0.3) is 0 Å². The first kappa shape index (κ1) is 14.5. The highest BCUT2D eigenvalue weighted by Crippen LogP contribution is 2.35. The van der Waals surface area contributed by atoms with E-state index in [0.29, 0.717) is 12.3 Å². The molecule has 4 nitrogen and oxygen atoms in total. The maximum absolute atomic E-state index is 11.5. The third kappa shape index (κ3) is 2.80. The van der Waals surface area contributed by atoms with Gasteiger partial charge in [0.05, 0.1) is 12.3 Å². The standard InChI is InChI=1S/C17H16N2O2S/c1-3-21-17(20)11(2)18-19-12-8-9-16-14(10-12)13-6-4-5-7-15(13)22-16/h4-10,19H,3H2,1-2H3. The number of ether oxygens (including phenoxy) is 1. The number of nitrogens with one attached hydrogen (secondary N) is 1. The predicted molar refractivity (Wildman–Crippen MR) is 92.7 cm³/mol. The second-order valence-electron chi connectivity index (χ2n) is 4.84. The van der Waals surface area contributed by atoms with Gasteiger partial charge in [0.15, 0.2) is 0 Å². The third-order valence-electron chi connectivity index (χ3n) is 3.30. The lowest BCUT2D eigenvalue weighted by atomic mass is 10.1. The van der Waals surface area contributed by atoms with Crippen LogP contribution in [0.2, 0.25) is 0 Å². The summed E-state index contributed by atoms with van der Waals surface area (Å²) in [7, 11) is 0. The van der Waals surface area contributed by atoms with Gasteiger partial charge in [-0.2, -0.15) is 5.10 Å². The van der Waals surface area contributed by atoms with Gasteiger partial charge in [-0.25, -0.2) is 4.79 Å². The van der Waals surface area contributed by atoms with E-state index in [2.05, 4.69) is 34.8 Å². The van der Waals surface area contributed by atoms with Crippen molar-refractivity contribution in [2.75, 3.05) is 12.0 Å². The van der Waals surface area contributed by atoms with E-state index < -0.39 is 5.97 Å². The number of fused-ring (bicyclic) bond motifs is 3. The highest BCUT2D eigenvalue weighted by atomic mass is 32.1. The molecule has 0 bridgehead atoms. The molecule has 1 aromatic heterocycles. The van der Waals surface area contributed by atoms with Gasteiger partial charge in [-0.3, -0.25) is 5.43 Å². The molecule has 1 heterocycles. The zero-order valence-corrected chi connectivity index (χ0v) is 13.2. The Morgan fingerprint density at radius 2 is 1.95 bits per heavy atom. The summed E-state index contributed by atoms with van der Waals surface area (Å²) in [5.74, 6) is -0.405. The van der Waals surface area contributed by atoms with E-state index >= 15 is 0 Å². The van der Waals surface area contributed by atoms with Crippen LogP contribution in [0.1, 0.15) is 13.8 Å². The van der Waals surface area contributed by atoms with Gasteiger partial charge in [0.2, 0.25) is 0 Å². The minimum atomic E-state index is -0.405. The van der Waals surface area contributed by atoms with E-state index in [0.717, 1.165) is 5.69 Å². The minimum Gasteiger partial charge on any atom is -0.461 e. The Morgan fingerprint density at radius 3 is 2.77 bits per heavy atom. The number of esters is 1. The average molecular weight is 312 g/mol. The van der Waals surface area contributed by atoms with Gasteiger partial charge in [-0.05, 0) is 38.1 Å². The van der Waals surface area contributed by atoms with E-state index in [1.165, 1.54) is 20.2 Å². The van der Waals surface area contributed by atoms with E-state index in [1.54, 1.807) is 25.2 Å². The Kier molecular flexibility index (Phi) is 4.06.